The fourth-order valence-corrected chi connectivity index (χ4v) is 1.94. The third kappa shape index (κ3) is 3.46. The van der Waals surface area contributed by atoms with Crippen LogP contribution in [0.15, 0.2) is 60.7 Å². The lowest BCUT2D eigenvalue weighted by Gasteiger charge is -2.30. The highest BCUT2D eigenvalue weighted by Gasteiger charge is 2.56. The van der Waals surface area contributed by atoms with E-state index in [4.69, 9.17) is 4.74 Å². The molecule has 22 heavy (non-hydrogen) atoms. The quantitative estimate of drug-likeness (QED) is 0.695. The van der Waals surface area contributed by atoms with Gasteiger partial charge in [-0.05, 0) is 17.7 Å². The zero-order chi connectivity index (χ0) is 16.2. The molecule has 2 aromatic rings. The Bertz CT molecular complexity index is 626. The van der Waals surface area contributed by atoms with Gasteiger partial charge in [0.2, 0.25) is 0 Å². The van der Waals surface area contributed by atoms with Crippen LogP contribution in [0, 0.1) is 0 Å². The van der Waals surface area contributed by atoms with Crippen molar-refractivity contribution >= 4 is 5.97 Å². The average molecular weight is 310 g/mol. The predicted octanol–water partition coefficient (Wildman–Crippen LogP) is 3.43. The topological polar surface area (TPSA) is 46.5 Å². The molecule has 2 rings (SSSR count). The highest BCUT2D eigenvalue weighted by Crippen LogP contribution is 2.41. The van der Waals surface area contributed by atoms with Crippen LogP contribution < -0.4 is 4.74 Å². The molecule has 3 nitrogen and oxygen atoms in total. The third-order valence-electron chi connectivity index (χ3n) is 3.10. The second-order valence-electron chi connectivity index (χ2n) is 4.69. The van der Waals surface area contributed by atoms with Gasteiger partial charge >= 0.3 is 12.1 Å². The van der Waals surface area contributed by atoms with E-state index < -0.39 is 29.7 Å². The molecular weight excluding hydrogens is 297 g/mol. The minimum Gasteiger partial charge on any atom is -0.426 e. The van der Waals surface area contributed by atoms with Crippen molar-refractivity contribution in [1.29, 1.82) is 0 Å². The van der Waals surface area contributed by atoms with Gasteiger partial charge in [-0.1, -0.05) is 48.5 Å². The molecule has 0 aliphatic heterocycles. The van der Waals surface area contributed by atoms with Gasteiger partial charge in [-0.2, -0.15) is 13.2 Å². The molecule has 2 aromatic carbocycles. The van der Waals surface area contributed by atoms with Crippen molar-refractivity contribution in [2.45, 2.75) is 18.2 Å². The number of aliphatic hydroxyl groups is 1. The molecule has 0 fully saturated rings. The second kappa shape index (κ2) is 6.19. The molecule has 0 aliphatic rings. The van der Waals surface area contributed by atoms with E-state index in [1.165, 1.54) is 30.3 Å². The zero-order valence-corrected chi connectivity index (χ0v) is 11.4. The minimum absolute atomic E-state index is 0.116. The first-order valence-electron chi connectivity index (χ1n) is 6.43. The van der Waals surface area contributed by atoms with E-state index >= 15 is 0 Å². The molecule has 0 bridgehead atoms. The van der Waals surface area contributed by atoms with E-state index in [2.05, 4.69) is 0 Å². The van der Waals surface area contributed by atoms with E-state index in [0.717, 1.165) is 12.1 Å². The van der Waals surface area contributed by atoms with Gasteiger partial charge in [0, 0.05) is 0 Å². The van der Waals surface area contributed by atoms with Gasteiger partial charge in [0.1, 0.15) is 5.75 Å². The van der Waals surface area contributed by atoms with Gasteiger partial charge in [-0.15, -0.1) is 0 Å². The first-order chi connectivity index (χ1) is 10.3. The molecule has 0 heterocycles. The molecule has 6 heteroatoms. The smallest absolute Gasteiger partial charge is 0.422 e. The Balaban J connectivity index is 2.23. The largest absolute Gasteiger partial charge is 0.426 e. The number of esters is 1. The number of hydrogen-bond acceptors (Lipinski definition) is 3. The number of carbonyl (C=O) groups is 1. The van der Waals surface area contributed by atoms with E-state index in [9.17, 15) is 23.1 Å². The lowest BCUT2D eigenvalue weighted by molar-refractivity contribution is -0.268. The predicted molar refractivity (Wildman–Crippen MR) is 73.1 cm³/mol. The Morgan fingerprint density at radius 2 is 1.45 bits per heavy atom. The van der Waals surface area contributed by atoms with Crippen LogP contribution in [0.25, 0.3) is 0 Å². The van der Waals surface area contributed by atoms with Crippen molar-refractivity contribution < 1.29 is 27.8 Å². The fourth-order valence-electron chi connectivity index (χ4n) is 1.94. The molecule has 0 aliphatic carbocycles. The molecule has 0 saturated heterocycles. The van der Waals surface area contributed by atoms with Gasteiger partial charge in [0.05, 0.1) is 6.42 Å². The fraction of sp³-hybridized carbons (Fsp3) is 0.188. The summed E-state index contributed by atoms with van der Waals surface area (Å²) in [5, 5.41) is 10.0. The van der Waals surface area contributed by atoms with Crippen LogP contribution in [0.4, 0.5) is 13.2 Å². The maximum Gasteiger partial charge on any atom is 0.422 e. The molecule has 0 unspecified atom stereocenters. The van der Waals surface area contributed by atoms with Gasteiger partial charge in [-0.3, -0.25) is 4.79 Å². The number of para-hydroxylation sites is 1. The van der Waals surface area contributed by atoms with Gasteiger partial charge in [0.15, 0.2) is 5.60 Å². The molecule has 0 saturated carbocycles. The van der Waals surface area contributed by atoms with Crippen LogP contribution in [-0.2, 0) is 10.4 Å². The first kappa shape index (κ1) is 16.0. The molecule has 0 aromatic heterocycles. The number of alkyl halides is 3. The molecule has 1 atom stereocenters. The molecule has 0 amide bonds. The number of halogens is 3. The standard InChI is InChI=1S/C16H13F3O3/c17-16(18,19)15(21,12-7-3-1-4-8-12)11-14(20)22-13-9-5-2-6-10-13/h1-10,21H,11H2/t15-/m0/s1. The summed E-state index contributed by atoms with van der Waals surface area (Å²) in [5.41, 5.74) is -3.70. The van der Waals surface area contributed by atoms with Crippen LogP contribution in [0.1, 0.15) is 12.0 Å². The number of carbonyl (C=O) groups excluding carboxylic acids is 1. The molecular formula is C16H13F3O3. The van der Waals surface area contributed by atoms with E-state index in [-0.39, 0.29) is 5.75 Å². The highest BCUT2D eigenvalue weighted by molar-refractivity contribution is 5.74. The maximum absolute atomic E-state index is 13.2. The number of rotatable bonds is 4. The van der Waals surface area contributed by atoms with Crippen molar-refractivity contribution in [3.8, 4) is 5.75 Å². The number of benzene rings is 2. The summed E-state index contributed by atoms with van der Waals surface area (Å²) >= 11 is 0. The molecule has 0 spiro atoms. The second-order valence-corrected chi connectivity index (χ2v) is 4.69. The van der Waals surface area contributed by atoms with Crippen LogP contribution >= 0.6 is 0 Å². The highest BCUT2D eigenvalue weighted by atomic mass is 19.4. The SMILES string of the molecule is O=C(C[C@](O)(c1ccccc1)C(F)(F)F)Oc1ccccc1. The Kier molecular flexibility index (Phi) is 4.51. The van der Waals surface area contributed by atoms with Crippen molar-refractivity contribution in [3.63, 3.8) is 0 Å². The van der Waals surface area contributed by atoms with E-state index in [0.29, 0.717) is 0 Å². The lowest BCUT2D eigenvalue weighted by Crippen LogP contribution is -2.44. The summed E-state index contributed by atoms with van der Waals surface area (Å²) in [4.78, 5) is 11.8. The van der Waals surface area contributed by atoms with Crippen LogP contribution in [0.2, 0.25) is 0 Å². The van der Waals surface area contributed by atoms with Crippen molar-refractivity contribution in [1.82, 2.24) is 0 Å². The summed E-state index contributed by atoms with van der Waals surface area (Å²) in [6, 6.07) is 14.2. The Labute approximate surface area is 125 Å². The molecule has 0 radical (unpaired) electrons. The van der Waals surface area contributed by atoms with Crippen molar-refractivity contribution in [2.75, 3.05) is 0 Å². The minimum atomic E-state index is -5.01. The summed E-state index contributed by atoms with van der Waals surface area (Å²) in [5.74, 6) is -1.06. The zero-order valence-electron chi connectivity index (χ0n) is 11.4. The maximum atomic E-state index is 13.2. The van der Waals surface area contributed by atoms with Gasteiger partial charge < -0.3 is 9.84 Å². The van der Waals surface area contributed by atoms with Gasteiger partial charge in [-0.25, -0.2) is 0 Å². The normalized spacial score (nSPS) is 14.2. The Morgan fingerprint density at radius 1 is 0.955 bits per heavy atom. The van der Waals surface area contributed by atoms with Crippen molar-refractivity contribution in [3.05, 3.63) is 66.2 Å². The van der Waals surface area contributed by atoms with Crippen molar-refractivity contribution in [2.24, 2.45) is 0 Å². The number of ether oxygens (including phenoxy) is 1. The van der Waals surface area contributed by atoms with Gasteiger partial charge in [0.25, 0.3) is 0 Å². The van der Waals surface area contributed by atoms with Crippen LogP contribution in [0.5, 0.6) is 5.75 Å². The summed E-state index contributed by atoms with van der Waals surface area (Å²) in [6.07, 6.45) is -6.24. The molecule has 1 N–H and O–H groups in total. The Hall–Kier alpha value is -2.34. The average Bonchev–Trinajstić information content (AvgIpc) is 2.47. The third-order valence-corrected chi connectivity index (χ3v) is 3.10. The summed E-state index contributed by atoms with van der Waals surface area (Å²) in [6.45, 7) is 0. The monoisotopic (exact) mass is 310 g/mol. The number of hydrogen-bond donors (Lipinski definition) is 1. The van der Waals surface area contributed by atoms with Crippen LogP contribution in [0.3, 0.4) is 0 Å². The summed E-state index contributed by atoms with van der Waals surface area (Å²) < 4.78 is 44.5. The van der Waals surface area contributed by atoms with Crippen LogP contribution in [-0.4, -0.2) is 17.3 Å². The lowest BCUT2D eigenvalue weighted by atomic mass is 9.90. The van der Waals surface area contributed by atoms with E-state index in [1.807, 2.05) is 0 Å². The molecule has 116 valence electrons. The first-order valence-corrected chi connectivity index (χ1v) is 6.43. The Morgan fingerprint density at radius 3 is 1.95 bits per heavy atom. The van der Waals surface area contributed by atoms with E-state index in [1.54, 1.807) is 18.2 Å². The summed E-state index contributed by atoms with van der Waals surface area (Å²) in [7, 11) is 0.